The summed E-state index contributed by atoms with van der Waals surface area (Å²) in [5.41, 5.74) is 2.66. The fourth-order valence-electron chi connectivity index (χ4n) is 2.68. The van der Waals surface area contributed by atoms with Gasteiger partial charge in [0.2, 0.25) is 0 Å². The summed E-state index contributed by atoms with van der Waals surface area (Å²) in [7, 11) is 0. The normalized spacial score (nSPS) is 19.8. The van der Waals surface area contributed by atoms with Gasteiger partial charge >= 0.3 is 0 Å². The lowest BCUT2D eigenvalue weighted by Gasteiger charge is -2.22. The molecule has 1 heterocycles. The third-order valence-electron chi connectivity index (χ3n) is 3.90. The first-order valence-corrected chi connectivity index (χ1v) is 7.69. The van der Waals surface area contributed by atoms with Crippen molar-refractivity contribution in [1.29, 1.82) is 0 Å². The lowest BCUT2D eigenvalue weighted by molar-refractivity contribution is 0.0444. The number of hydrogen-bond donors (Lipinski definition) is 2. The first kappa shape index (κ1) is 15.8. The van der Waals surface area contributed by atoms with E-state index in [2.05, 4.69) is 29.3 Å². The van der Waals surface area contributed by atoms with Gasteiger partial charge in [0.05, 0.1) is 5.69 Å². The average molecular weight is 290 g/mol. The van der Waals surface area contributed by atoms with Crippen molar-refractivity contribution >= 4 is 0 Å². The molecule has 21 heavy (non-hydrogen) atoms. The van der Waals surface area contributed by atoms with Crippen molar-refractivity contribution < 1.29 is 9.84 Å². The van der Waals surface area contributed by atoms with Gasteiger partial charge in [0.1, 0.15) is 18.0 Å². The van der Waals surface area contributed by atoms with Crippen molar-refractivity contribution in [3.8, 4) is 0 Å². The zero-order chi connectivity index (χ0) is 15.5. The molecule has 0 saturated heterocycles. The molecule has 1 unspecified atom stereocenters. The Bertz CT molecular complexity index is 535. The molecular weight excluding hydrogens is 264 g/mol. The molecule has 4 nitrogen and oxygen atoms in total. The van der Waals surface area contributed by atoms with Crippen LogP contribution in [0.3, 0.4) is 0 Å². The molecule has 1 aromatic rings. The minimum absolute atomic E-state index is 0.386. The molecule has 0 aromatic carbocycles. The van der Waals surface area contributed by atoms with Crippen LogP contribution in [0.25, 0.3) is 0 Å². The smallest absolute Gasteiger partial charge is 0.123 e. The van der Waals surface area contributed by atoms with Gasteiger partial charge in [-0.3, -0.25) is 5.10 Å². The first-order valence-electron chi connectivity index (χ1n) is 7.69. The van der Waals surface area contributed by atoms with Crippen LogP contribution in [-0.2, 0) is 11.2 Å². The number of ether oxygens (including phenoxy) is 1. The Morgan fingerprint density at radius 3 is 2.90 bits per heavy atom. The summed E-state index contributed by atoms with van der Waals surface area (Å²) < 4.78 is 5.76. The van der Waals surface area contributed by atoms with E-state index in [4.69, 9.17) is 4.74 Å². The minimum Gasteiger partial charge on any atom is -0.491 e. The molecular formula is C17H26N2O2. The summed E-state index contributed by atoms with van der Waals surface area (Å²) in [5.74, 6) is 1.01. The summed E-state index contributed by atoms with van der Waals surface area (Å²) in [6, 6.07) is 2.15. The predicted octanol–water partition coefficient (Wildman–Crippen LogP) is 3.47. The van der Waals surface area contributed by atoms with Gasteiger partial charge in [0, 0.05) is 11.6 Å². The molecule has 0 spiro atoms. The van der Waals surface area contributed by atoms with E-state index in [1.165, 1.54) is 11.3 Å². The lowest BCUT2D eigenvalue weighted by atomic mass is 10.1. The van der Waals surface area contributed by atoms with E-state index in [1.807, 2.05) is 13.0 Å². The SMILES string of the molecule is C/C=C(\OCC1=CC(c2cc(CC)[nH]n2)CC1)C(C)(C)O. The highest BCUT2D eigenvalue weighted by Crippen LogP contribution is 2.32. The summed E-state index contributed by atoms with van der Waals surface area (Å²) >= 11 is 0. The van der Waals surface area contributed by atoms with Gasteiger partial charge in [-0.1, -0.05) is 13.0 Å². The number of aliphatic hydroxyl groups is 1. The second kappa shape index (κ2) is 6.48. The summed E-state index contributed by atoms with van der Waals surface area (Å²) in [5, 5.41) is 17.5. The highest BCUT2D eigenvalue weighted by molar-refractivity contribution is 5.25. The van der Waals surface area contributed by atoms with E-state index in [1.54, 1.807) is 13.8 Å². The largest absolute Gasteiger partial charge is 0.491 e. The molecule has 0 fully saturated rings. The quantitative estimate of drug-likeness (QED) is 0.623. The molecule has 1 atom stereocenters. The highest BCUT2D eigenvalue weighted by atomic mass is 16.5. The second-order valence-corrected chi connectivity index (χ2v) is 6.14. The van der Waals surface area contributed by atoms with Crippen molar-refractivity contribution in [2.75, 3.05) is 6.61 Å². The van der Waals surface area contributed by atoms with Crippen LogP contribution >= 0.6 is 0 Å². The van der Waals surface area contributed by atoms with E-state index in [-0.39, 0.29) is 0 Å². The highest BCUT2D eigenvalue weighted by Gasteiger charge is 2.23. The van der Waals surface area contributed by atoms with E-state index in [0.29, 0.717) is 18.3 Å². The Balaban J connectivity index is 1.95. The molecule has 1 aliphatic carbocycles. The number of aryl methyl sites for hydroxylation is 1. The molecule has 0 radical (unpaired) electrons. The monoisotopic (exact) mass is 290 g/mol. The Hall–Kier alpha value is -1.55. The third-order valence-corrected chi connectivity index (χ3v) is 3.90. The average Bonchev–Trinajstić information content (AvgIpc) is 3.06. The summed E-state index contributed by atoms with van der Waals surface area (Å²) in [6.07, 6.45) is 7.18. The molecule has 2 N–H and O–H groups in total. The molecule has 0 bridgehead atoms. The number of rotatable bonds is 6. The Kier molecular flexibility index (Phi) is 4.88. The van der Waals surface area contributed by atoms with Crippen LogP contribution in [-0.4, -0.2) is 27.5 Å². The van der Waals surface area contributed by atoms with Crippen LogP contribution in [0.2, 0.25) is 0 Å². The van der Waals surface area contributed by atoms with Gasteiger partial charge in [-0.25, -0.2) is 0 Å². The number of H-pyrrole nitrogens is 1. The third kappa shape index (κ3) is 3.97. The first-order chi connectivity index (χ1) is 9.94. The zero-order valence-electron chi connectivity index (χ0n) is 13.4. The van der Waals surface area contributed by atoms with Crippen molar-refractivity contribution in [3.63, 3.8) is 0 Å². The molecule has 116 valence electrons. The van der Waals surface area contributed by atoms with E-state index >= 15 is 0 Å². The second-order valence-electron chi connectivity index (χ2n) is 6.14. The molecule has 0 aliphatic heterocycles. The number of allylic oxidation sites excluding steroid dienone is 2. The minimum atomic E-state index is -0.925. The standard InChI is InChI=1S/C17H26N2O2/c1-5-14-10-15(19-18-14)13-8-7-12(9-13)11-21-16(6-2)17(3,4)20/h6,9-10,13,20H,5,7-8,11H2,1-4H3,(H,18,19)/b16-6-. The van der Waals surface area contributed by atoms with E-state index in [9.17, 15) is 5.11 Å². The van der Waals surface area contributed by atoms with Gasteiger partial charge in [0.15, 0.2) is 0 Å². The van der Waals surface area contributed by atoms with E-state index < -0.39 is 5.60 Å². The van der Waals surface area contributed by atoms with Gasteiger partial charge in [0.25, 0.3) is 0 Å². The van der Waals surface area contributed by atoms with Crippen LogP contribution in [0, 0.1) is 0 Å². The van der Waals surface area contributed by atoms with Crippen molar-refractivity contribution in [3.05, 3.63) is 40.9 Å². The Morgan fingerprint density at radius 2 is 2.33 bits per heavy atom. The van der Waals surface area contributed by atoms with Crippen molar-refractivity contribution in [2.45, 2.75) is 58.5 Å². The fourth-order valence-corrected chi connectivity index (χ4v) is 2.68. The topological polar surface area (TPSA) is 58.1 Å². The number of nitrogens with one attached hydrogen (secondary N) is 1. The van der Waals surface area contributed by atoms with Crippen LogP contribution in [0.4, 0.5) is 0 Å². The molecule has 4 heteroatoms. The van der Waals surface area contributed by atoms with Gasteiger partial charge < -0.3 is 9.84 Å². The zero-order valence-corrected chi connectivity index (χ0v) is 13.4. The summed E-state index contributed by atoms with van der Waals surface area (Å²) in [4.78, 5) is 0. The fraction of sp³-hybridized carbons (Fsp3) is 0.588. The van der Waals surface area contributed by atoms with Crippen LogP contribution in [0.15, 0.2) is 29.6 Å². The van der Waals surface area contributed by atoms with Crippen LogP contribution in [0.5, 0.6) is 0 Å². The van der Waals surface area contributed by atoms with Crippen LogP contribution in [0.1, 0.15) is 57.8 Å². The number of aromatic amines is 1. The number of nitrogens with zero attached hydrogens (tertiary/aromatic N) is 1. The molecule has 1 aliphatic rings. The van der Waals surface area contributed by atoms with Gasteiger partial charge in [-0.05, 0) is 57.7 Å². The molecule has 2 rings (SSSR count). The summed E-state index contributed by atoms with van der Waals surface area (Å²) in [6.45, 7) is 8.03. The number of hydrogen-bond acceptors (Lipinski definition) is 3. The van der Waals surface area contributed by atoms with E-state index in [0.717, 1.165) is 25.0 Å². The van der Waals surface area contributed by atoms with Gasteiger partial charge in [-0.15, -0.1) is 0 Å². The maximum Gasteiger partial charge on any atom is 0.123 e. The Morgan fingerprint density at radius 1 is 1.57 bits per heavy atom. The predicted molar refractivity (Wildman–Crippen MR) is 84.0 cm³/mol. The van der Waals surface area contributed by atoms with Crippen LogP contribution < -0.4 is 0 Å². The van der Waals surface area contributed by atoms with Crippen molar-refractivity contribution in [2.24, 2.45) is 0 Å². The number of aromatic nitrogens is 2. The maximum atomic E-state index is 9.98. The van der Waals surface area contributed by atoms with Gasteiger partial charge in [-0.2, -0.15) is 5.10 Å². The maximum absolute atomic E-state index is 9.98. The molecule has 0 saturated carbocycles. The van der Waals surface area contributed by atoms with Crippen molar-refractivity contribution in [1.82, 2.24) is 10.2 Å². The Labute approximate surface area is 126 Å². The lowest BCUT2D eigenvalue weighted by Crippen LogP contribution is -2.24. The molecule has 1 aromatic heterocycles. The molecule has 0 amide bonds.